The van der Waals surface area contributed by atoms with Gasteiger partial charge in [-0.15, -0.1) is 11.3 Å². The summed E-state index contributed by atoms with van der Waals surface area (Å²) < 4.78 is 10.0. The fourth-order valence-corrected chi connectivity index (χ4v) is 2.16. The van der Waals surface area contributed by atoms with Crippen molar-refractivity contribution in [1.82, 2.24) is 15.0 Å². The number of hydrogen-bond donors (Lipinski definition) is 1. The number of anilines is 1. The maximum absolute atomic E-state index is 12.1. The molecule has 2 heterocycles. The molecule has 0 atom stereocenters. The highest BCUT2D eigenvalue weighted by atomic mass is 32.1. The standard InChI is InChI=1S/C13H14N4O4S/c1-3-20-10-5-8(14-7-15-10)11(18)17-13-16-9(6-22-13)12(19)21-4-2/h5-7H,3-4H2,1-2H3,(H,16,17,18). The Morgan fingerprint density at radius 1 is 1.23 bits per heavy atom. The van der Waals surface area contributed by atoms with Crippen LogP contribution >= 0.6 is 11.3 Å². The first-order valence-electron chi connectivity index (χ1n) is 6.52. The Morgan fingerprint density at radius 3 is 2.77 bits per heavy atom. The summed E-state index contributed by atoms with van der Waals surface area (Å²) >= 11 is 1.12. The van der Waals surface area contributed by atoms with Gasteiger partial charge in [0.25, 0.3) is 5.91 Å². The Bertz CT molecular complexity index is 674. The number of esters is 1. The van der Waals surface area contributed by atoms with Gasteiger partial charge in [0.2, 0.25) is 5.88 Å². The molecule has 22 heavy (non-hydrogen) atoms. The van der Waals surface area contributed by atoms with E-state index in [4.69, 9.17) is 9.47 Å². The Morgan fingerprint density at radius 2 is 2.05 bits per heavy atom. The first-order chi connectivity index (χ1) is 10.6. The number of hydrogen-bond acceptors (Lipinski definition) is 8. The van der Waals surface area contributed by atoms with Gasteiger partial charge in [-0.3, -0.25) is 10.1 Å². The summed E-state index contributed by atoms with van der Waals surface area (Å²) in [6.45, 7) is 4.22. The van der Waals surface area contributed by atoms with Crippen molar-refractivity contribution in [2.24, 2.45) is 0 Å². The summed E-state index contributed by atoms with van der Waals surface area (Å²) in [4.78, 5) is 35.3. The molecule has 0 aliphatic heterocycles. The van der Waals surface area contributed by atoms with E-state index in [2.05, 4.69) is 20.3 Å². The van der Waals surface area contributed by atoms with Gasteiger partial charge in [0.1, 0.15) is 12.0 Å². The van der Waals surface area contributed by atoms with Crippen LogP contribution in [-0.4, -0.2) is 40.0 Å². The lowest BCUT2D eigenvalue weighted by atomic mass is 10.4. The lowest BCUT2D eigenvalue weighted by Gasteiger charge is -2.03. The smallest absolute Gasteiger partial charge is 0.357 e. The minimum absolute atomic E-state index is 0.145. The highest BCUT2D eigenvalue weighted by molar-refractivity contribution is 7.14. The maximum Gasteiger partial charge on any atom is 0.357 e. The van der Waals surface area contributed by atoms with E-state index in [0.717, 1.165) is 11.3 Å². The van der Waals surface area contributed by atoms with Crippen LogP contribution in [0.2, 0.25) is 0 Å². The number of rotatable bonds is 6. The van der Waals surface area contributed by atoms with Gasteiger partial charge >= 0.3 is 5.97 Å². The van der Waals surface area contributed by atoms with E-state index >= 15 is 0 Å². The predicted octanol–water partition coefficient (Wildman–Crippen LogP) is 1.76. The van der Waals surface area contributed by atoms with Crippen molar-refractivity contribution in [3.05, 3.63) is 29.2 Å². The van der Waals surface area contributed by atoms with E-state index in [9.17, 15) is 9.59 Å². The molecule has 0 fully saturated rings. The lowest BCUT2D eigenvalue weighted by Crippen LogP contribution is -2.14. The zero-order chi connectivity index (χ0) is 15.9. The fourth-order valence-electron chi connectivity index (χ4n) is 1.48. The van der Waals surface area contributed by atoms with Crippen molar-refractivity contribution in [3.63, 3.8) is 0 Å². The van der Waals surface area contributed by atoms with Gasteiger partial charge in [0, 0.05) is 11.4 Å². The third-order valence-corrected chi connectivity index (χ3v) is 3.13. The molecule has 0 bridgehead atoms. The van der Waals surface area contributed by atoms with Gasteiger partial charge in [-0.2, -0.15) is 0 Å². The Balaban J connectivity index is 2.05. The molecule has 2 aromatic heterocycles. The van der Waals surface area contributed by atoms with Crippen LogP contribution in [0.4, 0.5) is 5.13 Å². The second-order valence-corrected chi connectivity index (χ2v) is 4.75. The molecular weight excluding hydrogens is 308 g/mol. The highest BCUT2D eigenvalue weighted by Gasteiger charge is 2.15. The second-order valence-electron chi connectivity index (χ2n) is 3.89. The van der Waals surface area contributed by atoms with Crippen LogP contribution in [0.1, 0.15) is 34.8 Å². The number of nitrogens with one attached hydrogen (secondary N) is 1. The van der Waals surface area contributed by atoms with E-state index in [0.29, 0.717) is 12.5 Å². The average Bonchev–Trinajstić information content (AvgIpc) is 2.97. The van der Waals surface area contributed by atoms with Crippen LogP contribution in [-0.2, 0) is 4.74 Å². The molecule has 0 spiro atoms. The normalized spacial score (nSPS) is 10.1. The molecule has 9 heteroatoms. The van der Waals surface area contributed by atoms with E-state index in [1.54, 1.807) is 6.92 Å². The van der Waals surface area contributed by atoms with Gasteiger partial charge in [-0.1, -0.05) is 0 Å². The van der Waals surface area contributed by atoms with Crippen molar-refractivity contribution in [1.29, 1.82) is 0 Å². The molecule has 2 rings (SSSR count). The largest absolute Gasteiger partial charge is 0.478 e. The summed E-state index contributed by atoms with van der Waals surface area (Å²) in [7, 11) is 0. The van der Waals surface area contributed by atoms with Crippen LogP contribution in [0.3, 0.4) is 0 Å². The Hall–Kier alpha value is -2.55. The number of carbonyl (C=O) groups is 2. The molecule has 0 aliphatic carbocycles. The average molecular weight is 322 g/mol. The van der Waals surface area contributed by atoms with Crippen molar-refractivity contribution >= 4 is 28.3 Å². The number of thiazole rings is 1. The van der Waals surface area contributed by atoms with Gasteiger partial charge in [0.15, 0.2) is 10.8 Å². The van der Waals surface area contributed by atoms with Crippen LogP contribution in [0.15, 0.2) is 17.8 Å². The number of amides is 1. The van der Waals surface area contributed by atoms with Crippen LogP contribution in [0.25, 0.3) is 0 Å². The minimum Gasteiger partial charge on any atom is -0.478 e. The van der Waals surface area contributed by atoms with E-state index in [1.807, 2.05) is 6.92 Å². The molecule has 0 aliphatic rings. The summed E-state index contributed by atoms with van der Waals surface area (Å²) in [6.07, 6.45) is 1.24. The van der Waals surface area contributed by atoms with Crippen molar-refractivity contribution in [2.45, 2.75) is 13.8 Å². The van der Waals surface area contributed by atoms with E-state index < -0.39 is 11.9 Å². The first-order valence-corrected chi connectivity index (χ1v) is 7.40. The Kier molecular flexibility index (Phi) is 5.37. The molecule has 0 saturated carbocycles. The van der Waals surface area contributed by atoms with Gasteiger partial charge in [-0.25, -0.2) is 19.7 Å². The minimum atomic E-state index is -0.528. The maximum atomic E-state index is 12.1. The van der Waals surface area contributed by atoms with Crippen molar-refractivity contribution < 1.29 is 19.1 Å². The topological polar surface area (TPSA) is 103 Å². The summed E-state index contributed by atoms with van der Waals surface area (Å²) in [6, 6.07) is 1.43. The molecule has 116 valence electrons. The highest BCUT2D eigenvalue weighted by Crippen LogP contribution is 2.17. The van der Waals surface area contributed by atoms with Crippen LogP contribution in [0.5, 0.6) is 5.88 Å². The van der Waals surface area contributed by atoms with Crippen molar-refractivity contribution in [3.8, 4) is 5.88 Å². The SMILES string of the molecule is CCOC(=O)c1csc(NC(=O)c2cc(OCC)ncn2)n1. The number of ether oxygens (including phenoxy) is 2. The van der Waals surface area contributed by atoms with E-state index in [-0.39, 0.29) is 23.1 Å². The summed E-state index contributed by atoms with van der Waals surface area (Å²) in [5.41, 5.74) is 0.297. The number of carbonyl (C=O) groups excluding carboxylic acids is 2. The number of aromatic nitrogens is 3. The zero-order valence-electron chi connectivity index (χ0n) is 12.0. The molecular formula is C13H14N4O4S. The lowest BCUT2D eigenvalue weighted by molar-refractivity contribution is 0.0520. The predicted molar refractivity (Wildman–Crippen MR) is 79.2 cm³/mol. The molecule has 0 aromatic carbocycles. The molecule has 1 N–H and O–H groups in total. The van der Waals surface area contributed by atoms with Gasteiger partial charge in [0.05, 0.1) is 13.2 Å². The first kappa shape index (κ1) is 15.8. The molecule has 0 radical (unpaired) electrons. The molecule has 0 saturated heterocycles. The molecule has 0 unspecified atom stereocenters. The van der Waals surface area contributed by atoms with Crippen molar-refractivity contribution in [2.75, 3.05) is 18.5 Å². The third-order valence-electron chi connectivity index (χ3n) is 2.38. The number of nitrogens with zero attached hydrogens (tertiary/aromatic N) is 3. The summed E-state index contributed by atoms with van der Waals surface area (Å²) in [5, 5.41) is 4.35. The second kappa shape index (κ2) is 7.46. The molecule has 8 nitrogen and oxygen atoms in total. The fraction of sp³-hybridized carbons (Fsp3) is 0.308. The quantitative estimate of drug-likeness (QED) is 0.808. The van der Waals surface area contributed by atoms with Gasteiger partial charge in [-0.05, 0) is 13.8 Å². The van der Waals surface area contributed by atoms with Crippen LogP contribution < -0.4 is 10.1 Å². The summed E-state index contributed by atoms with van der Waals surface area (Å²) in [5.74, 6) is -0.679. The molecule has 1 amide bonds. The monoisotopic (exact) mass is 322 g/mol. The molecule has 2 aromatic rings. The zero-order valence-corrected chi connectivity index (χ0v) is 12.8. The van der Waals surface area contributed by atoms with Crippen LogP contribution in [0, 0.1) is 0 Å². The van der Waals surface area contributed by atoms with Gasteiger partial charge < -0.3 is 9.47 Å². The van der Waals surface area contributed by atoms with E-state index in [1.165, 1.54) is 17.8 Å². The third kappa shape index (κ3) is 3.98. The Labute approximate surface area is 130 Å².